The molecule has 21 heavy (non-hydrogen) atoms. The normalized spacial score (nSPS) is 17.1. The van der Waals surface area contributed by atoms with Crippen LogP contribution in [0.4, 0.5) is 4.39 Å². The Balaban J connectivity index is 2.09. The maximum atomic E-state index is 13.7. The number of nitrogens with zero attached hydrogens (tertiary/aromatic N) is 2. The van der Waals surface area contributed by atoms with Crippen LogP contribution in [0.1, 0.15) is 25.1 Å². The van der Waals surface area contributed by atoms with Gasteiger partial charge in [-0.25, -0.2) is 9.37 Å². The van der Waals surface area contributed by atoms with Gasteiger partial charge in [-0.1, -0.05) is 6.42 Å². The molecule has 0 unspecified atom stereocenters. The number of benzene rings is 1. The van der Waals surface area contributed by atoms with E-state index in [1.807, 2.05) is 17.8 Å². The van der Waals surface area contributed by atoms with Gasteiger partial charge in [0, 0.05) is 29.7 Å². The minimum Gasteiger partial charge on any atom is -0.327 e. The second-order valence-electron chi connectivity index (χ2n) is 5.55. The minimum absolute atomic E-state index is 0.271. The van der Waals surface area contributed by atoms with Gasteiger partial charge in [0.1, 0.15) is 11.6 Å². The fraction of sp³-hybridized carbons (Fsp3) is 0.533. The third-order valence-electron chi connectivity index (χ3n) is 4.33. The number of fused-ring (bicyclic) bond motifs is 1. The number of aryl methyl sites for hydroxylation is 1. The van der Waals surface area contributed by atoms with Crippen LogP contribution in [-0.4, -0.2) is 26.4 Å². The summed E-state index contributed by atoms with van der Waals surface area (Å²) in [6.45, 7) is 0.926. The summed E-state index contributed by atoms with van der Waals surface area (Å²) in [5.41, 5.74) is 1.70. The molecule has 3 rings (SSSR count). The van der Waals surface area contributed by atoms with Crippen LogP contribution in [0.3, 0.4) is 0 Å². The molecule has 1 aromatic carbocycles. The van der Waals surface area contributed by atoms with Crippen molar-refractivity contribution in [2.45, 2.75) is 37.0 Å². The summed E-state index contributed by atoms with van der Waals surface area (Å²) in [6.07, 6.45) is 6.64. The van der Waals surface area contributed by atoms with E-state index in [0.29, 0.717) is 27.0 Å². The Hall–Kier alpha value is -0.260. The Labute approximate surface area is 141 Å². The first-order valence-corrected chi connectivity index (χ1v) is 9.59. The van der Waals surface area contributed by atoms with Gasteiger partial charge in [0.25, 0.3) is 0 Å². The third-order valence-corrected chi connectivity index (χ3v) is 6.53. The van der Waals surface area contributed by atoms with Gasteiger partial charge in [0.05, 0.1) is 15.5 Å². The predicted molar refractivity (Wildman–Crippen MR) is 91.9 cm³/mol. The van der Waals surface area contributed by atoms with Crippen molar-refractivity contribution in [3.05, 3.63) is 28.2 Å². The lowest BCUT2D eigenvalue weighted by Crippen LogP contribution is -2.38. The van der Waals surface area contributed by atoms with Crippen LogP contribution in [0, 0.1) is 5.82 Å². The number of rotatable bonds is 5. The smallest absolute Gasteiger partial charge is 0.139 e. The zero-order valence-electron chi connectivity index (χ0n) is 11.8. The molecule has 0 N–H and O–H groups in total. The molecule has 1 heterocycles. The Morgan fingerprint density at radius 2 is 2.24 bits per heavy atom. The fourth-order valence-electron chi connectivity index (χ4n) is 2.91. The van der Waals surface area contributed by atoms with E-state index in [4.69, 9.17) is 11.6 Å². The van der Waals surface area contributed by atoms with E-state index in [9.17, 15) is 4.39 Å². The zero-order valence-corrected chi connectivity index (χ0v) is 15.0. The van der Waals surface area contributed by atoms with Crippen molar-refractivity contribution in [3.8, 4) is 0 Å². The Kier molecular flexibility index (Phi) is 4.53. The lowest BCUT2D eigenvalue weighted by Gasteiger charge is -2.41. The maximum absolute atomic E-state index is 13.7. The molecule has 2 nitrogen and oxygen atoms in total. The van der Waals surface area contributed by atoms with Crippen molar-refractivity contribution < 1.29 is 4.39 Å². The summed E-state index contributed by atoms with van der Waals surface area (Å²) in [4.78, 5) is 4.59. The number of halogens is 3. The topological polar surface area (TPSA) is 17.8 Å². The van der Waals surface area contributed by atoms with E-state index >= 15 is 0 Å². The summed E-state index contributed by atoms with van der Waals surface area (Å²) in [5.74, 6) is 1.21. The highest BCUT2D eigenvalue weighted by Gasteiger charge is 2.37. The van der Waals surface area contributed by atoms with E-state index in [2.05, 4.69) is 31.7 Å². The number of hydrogen-bond donors (Lipinski definition) is 0. The van der Waals surface area contributed by atoms with Crippen LogP contribution in [0.15, 0.2) is 16.6 Å². The average Bonchev–Trinajstić information content (AvgIpc) is 2.72. The summed E-state index contributed by atoms with van der Waals surface area (Å²) in [5, 5.41) is 0. The van der Waals surface area contributed by atoms with Crippen LogP contribution in [0.5, 0.6) is 0 Å². The van der Waals surface area contributed by atoms with Crippen molar-refractivity contribution in [2.75, 3.05) is 12.1 Å². The molecule has 1 aliphatic carbocycles. The van der Waals surface area contributed by atoms with E-state index in [1.54, 1.807) is 0 Å². The molecule has 1 fully saturated rings. The average molecular weight is 392 g/mol. The first kappa shape index (κ1) is 15.6. The summed E-state index contributed by atoms with van der Waals surface area (Å²) >= 11 is 11.1. The molecule has 0 bridgehead atoms. The first-order chi connectivity index (χ1) is 10.1. The largest absolute Gasteiger partial charge is 0.327 e. The van der Waals surface area contributed by atoms with Crippen LogP contribution in [0.25, 0.3) is 11.0 Å². The standard InChI is InChI=1S/C15H17BrClFN2S/c1-21-15(4-2-5-15)9-20-13-7-10(16)11(18)8-12(13)19-14(20)3-6-17/h7-8H,2-6,9H2,1H3. The van der Waals surface area contributed by atoms with Gasteiger partial charge in [-0.2, -0.15) is 11.8 Å². The lowest BCUT2D eigenvalue weighted by molar-refractivity contribution is 0.322. The van der Waals surface area contributed by atoms with E-state index in [-0.39, 0.29) is 5.82 Å². The molecule has 1 aromatic heterocycles. The highest BCUT2D eigenvalue weighted by Crippen LogP contribution is 2.45. The van der Waals surface area contributed by atoms with Crippen LogP contribution >= 0.6 is 39.3 Å². The van der Waals surface area contributed by atoms with Gasteiger partial charge in [-0.05, 0) is 41.1 Å². The molecule has 6 heteroatoms. The van der Waals surface area contributed by atoms with Gasteiger partial charge in [0.2, 0.25) is 0 Å². The summed E-state index contributed by atoms with van der Waals surface area (Å²) < 4.78 is 16.8. The van der Waals surface area contributed by atoms with Gasteiger partial charge >= 0.3 is 0 Å². The van der Waals surface area contributed by atoms with E-state index in [1.165, 1.54) is 25.3 Å². The predicted octanol–water partition coefficient (Wildman–Crippen LogP) is 5.00. The summed E-state index contributed by atoms with van der Waals surface area (Å²) in [6, 6.07) is 3.34. The lowest BCUT2D eigenvalue weighted by atomic mass is 9.84. The Bertz CT molecular complexity index is 664. The van der Waals surface area contributed by atoms with Gasteiger partial charge < -0.3 is 4.57 Å². The van der Waals surface area contributed by atoms with Crippen LogP contribution in [-0.2, 0) is 13.0 Å². The summed E-state index contributed by atoms with van der Waals surface area (Å²) in [7, 11) is 0. The molecule has 1 saturated carbocycles. The van der Waals surface area contributed by atoms with Crippen molar-refractivity contribution in [2.24, 2.45) is 0 Å². The first-order valence-electron chi connectivity index (χ1n) is 7.04. The Morgan fingerprint density at radius 1 is 1.48 bits per heavy atom. The van der Waals surface area contributed by atoms with Crippen molar-refractivity contribution in [1.82, 2.24) is 9.55 Å². The molecule has 0 aliphatic heterocycles. The zero-order chi connectivity index (χ0) is 15.0. The second-order valence-corrected chi connectivity index (χ2v) is 8.06. The molecule has 0 saturated heterocycles. The molecule has 2 aromatic rings. The molecule has 0 spiro atoms. The number of hydrogen-bond acceptors (Lipinski definition) is 2. The highest BCUT2D eigenvalue weighted by atomic mass is 79.9. The maximum Gasteiger partial charge on any atom is 0.139 e. The number of thioether (sulfide) groups is 1. The molecular weight excluding hydrogens is 375 g/mol. The van der Waals surface area contributed by atoms with Gasteiger partial charge in [-0.15, -0.1) is 11.6 Å². The van der Waals surface area contributed by atoms with Gasteiger partial charge in [-0.3, -0.25) is 0 Å². The fourth-order valence-corrected chi connectivity index (χ4v) is 4.36. The minimum atomic E-state index is -0.271. The number of imidazole rings is 1. The molecule has 0 atom stereocenters. The number of alkyl halides is 1. The SMILES string of the molecule is CSC1(Cn2c(CCCl)nc3cc(F)c(Br)cc32)CCC1. The second kappa shape index (κ2) is 6.09. The van der Waals surface area contributed by atoms with E-state index in [0.717, 1.165) is 17.9 Å². The molecule has 0 amide bonds. The quantitative estimate of drug-likeness (QED) is 0.667. The van der Waals surface area contributed by atoms with Crippen LogP contribution < -0.4 is 0 Å². The molecule has 0 radical (unpaired) electrons. The number of aromatic nitrogens is 2. The Morgan fingerprint density at radius 3 is 2.81 bits per heavy atom. The monoisotopic (exact) mass is 390 g/mol. The molecule has 1 aliphatic rings. The van der Waals surface area contributed by atoms with E-state index < -0.39 is 0 Å². The highest BCUT2D eigenvalue weighted by molar-refractivity contribution is 9.10. The molecule has 114 valence electrons. The van der Waals surface area contributed by atoms with Crippen molar-refractivity contribution in [3.63, 3.8) is 0 Å². The van der Waals surface area contributed by atoms with Gasteiger partial charge in [0.15, 0.2) is 0 Å². The molecular formula is C15H17BrClFN2S. The van der Waals surface area contributed by atoms with Crippen molar-refractivity contribution in [1.29, 1.82) is 0 Å². The van der Waals surface area contributed by atoms with Crippen molar-refractivity contribution >= 4 is 50.3 Å². The third kappa shape index (κ3) is 2.84. The van der Waals surface area contributed by atoms with Crippen LogP contribution in [0.2, 0.25) is 0 Å².